The van der Waals surface area contributed by atoms with E-state index in [0.29, 0.717) is 18.8 Å². The Hall–Kier alpha value is -2.06. The zero-order valence-corrected chi connectivity index (χ0v) is 14.4. The molecule has 130 valence electrons. The molecule has 1 fully saturated rings. The van der Waals surface area contributed by atoms with E-state index in [0.717, 1.165) is 51.1 Å². The summed E-state index contributed by atoms with van der Waals surface area (Å²) < 4.78 is 10.8. The van der Waals surface area contributed by atoms with Gasteiger partial charge in [0.15, 0.2) is 0 Å². The summed E-state index contributed by atoms with van der Waals surface area (Å²) in [5.41, 5.74) is 0.642. The van der Waals surface area contributed by atoms with E-state index in [1.165, 1.54) is 0 Å². The van der Waals surface area contributed by atoms with Gasteiger partial charge in [-0.25, -0.2) is 0 Å². The van der Waals surface area contributed by atoms with Crippen LogP contribution in [-0.2, 0) is 9.53 Å². The van der Waals surface area contributed by atoms with E-state index in [4.69, 9.17) is 14.7 Å². The third-order valence-electron chi connectivity index (χ3n) is 4.25. The quantitative estimate of drug-likeness (QED) is 0.541. The summed E-state index contributed by atoms with van der Waals surface area (Å²) in [6.07, 6.45) is 4.02. The number of carbonyl (C=O) groups excluding carboxylic acids is 1. The monoisotopic (exact) mass is 330 g/mol. The Morgan fingerprint density at radius 3 is 2.83 bits per heavy atom. The Bertz CT molecular complexity index is 551. The van der Waals surface area contributed by atoms with Crippen LogP contribution in [0.3, 0.4) is 0 Å². The first-order chi connectivity index (χ1) is 11.7. The highest BCUT2D eigenvalue weighted by molar-refractivity contribution is 5.72. The van der Waals surface area contributed by atoms with Crippen molar-refractivity contribution in [2.75, 3.05) is 32.8 Å². The minimum atomic E-state index is -0.0497. The van der Waals surface area contributed by atoms with Gasteiger partial charge in [-0.15, -0.1) is 0 Å². The van der Waals surface area contributed by atoms with Crippen LogP contribution in [0.2, 0.25) is 0 Å². The topological polar surface area (TPSA) is 62.6 Å². The molecule has 1 aromatic carbocycles. The van der Waals surface area contributed by atoms with Gasteiger partial charge in [0, 0.05) is 6.54 Å². The van der Waals surface area contributed by atoms with E-state index in [1.54, 1.807) is 12.1 Å². The smallest absolute Gasteiger partial charge is 0.310 e. The Kier molecular flexibility index (Phi) is 7.57. The number of hydrogen-bond donors (Lipinski definition) is 0. The summed E-state index contributed by atoms with van der Waals surface area (Å²) in [7, 11) is 0. The summed E-state index contributed by atoms with van der Waals surface area (Å²) >= 11 is 0. The van der Waals surface area contributed by atoms with Crippen molar-refractivity contribution in [1.82, 2.24) is 4.90 Å². The van der Waals surface area contributed by atoms with Crippen LogP contribution in [0.15, 0.2) is 24.3 Å². The molecule has 0 aromatic heterocycles. The number of nitrogens with zero attached hydrogens (tertiary/aromatic N) is 2. The molecule has 0 radical (unpaired) electrons. The first-order valence-electron chi connectivity index (χ1n) is 8.75. The molecule has 0 N–H and O–H groups in total. The molecule has 0 aliphatic carbocycles. The third-order valence-corrected chi connectivity index (χ3v) is 4.25. The van der Waals surface area contributed by atoms with Crippen LogP contribution in [0.1, 0.15) is 38.2 Å². The van der Waals surface area contributed by atoms with Crippen molar-refractivity contribution in [3.05, 3.63) is 29.8 Å². The molecule has 1 aliphatic heterocycles. The average molecular weight is 330 g/mol. The van der Waals surface area contributed by atoms with Gasteiger partial charge in [-0.1, -0.05) is 0 Å². The lowest BCUT2D eigenvalue weighted by molar-refractivity contribution is -0.149. The van der Waals surface area contributed by atoms with Crippen molar-refractivity contribution in [3.8, 4) is 11.8 Å². The lowest BCUT2D eigenvalue weighted by atomic mass is 9.98. The average Bonchev–Trinajstić information content (AvgIpc) is 2.62. The zero-order chi connectivity index (χ0) is 17.2. The number of ether oxygens (including phenoxy) is 2. The first-order valence-corrected chi connectivity index (χ1v) is 8.75. The van der Waals surface area contributed by atoms with Gasteiger partial charge in [0.05, 0.1) is 30.8 Å². The molecule has 0 bridgehead atoms. The second-order valence-corrected chi connectivity index (χ2v) is 6.08. The fourth-order valence-electron chi connectivity index (χ4n) is 2.96. The van der Waals surface area contributed by atoms with Crippen LogP contribution in [0.25, 0.3) is 0 Å². The van der Waals surface area contributed by atoms with Gasteiger partial charge < -0.3 is 14.4 Å². The maximum absolute atomic E-state index is 11.8. The maximum atomic E-state index is 11.8. The van der Waals surface area contributed by atoms with Gasteiger partial charge in [0.25, 0.3) is 0 Å². The zero-order valence-electron chi connectivity index (χ0n) is 14.4. The normalized spacial score (nSPS) is 17.9. The molecule has 1 aromatic rings. The van der Waals surface area contributed by atoms with Crippen LogP contribution in [0.4, 0.5) is 0 Å². The predicted octanol–water partition coefficient (Wildman–Crippen LogP) is 2.99. The molecule has 2 rings (SSSR count). The second-order valence-electron chi connectivity index (χ2n) is 6.08. The van der Waals surface area contributed by atoms with Crippen LogP contribution in [-0.4, -0.2) is 43.7 Å². The van der Waals surface area contributed by atoms with Crippen LogP contribution in [0.5, 0.6) is 5.75 Å². The van der Waals surface area contributed by atoms with Gasteiger partial charge in [-0.2, -0.15) is 5.26 Å². The maximum Gasteiger partial charge on any atom is 0.310 e. The predicted molar refractivity (Wildman–Crippen MR) is 91.7 cm³/mol. The molecule has 0 unspecified atom stereocenters. The minimum Gasteiger partial charge on any atom is -0.494 e. The molecule has 1 heterocycles. The summed E-state index contributed by atoms with van der Waals surface area (Å²) in [4.78, 5) is 14.2. The summed E-state index contributed by atoms with van der Waals surface area (Å²) in [5, 5.41) is 8.76. The van der Waals surface area contributed by atoms with E-state index >= 15 is 0 Å². The van der Waals surface area contributed by atoms with E-state index in [9.17, 15) is 4.79 Å². The Labute approximate surface area is 144 Å². The van der Waals surface area contributed by atoms with Gasteiger partial charge in [-0.05, 0) is 70.0 Å². The SMILES string of the molecule is CCOC(=O)[C@H]1CCCN(CCCCOc2ccc(C#N)cc2)C1. The number of benzene rings is 1. The lowest BCUT2D eigenvalue weighted by Gasteiger charge is -2.31. The van der Waals surface area contributed by atoms with E-state index < -0.39 is 0 Å². The number of likely N-dealkylation sites (tertiary alicyclic amines) is 1. The minimum absolute atomic E-state index is 0.0357. The Morgan fingerprint density at radius 1 is 1.33 bits per heavy atom. The molecule has 0 spiro atoms. The fraction of sp³-hybridized carbons (Fsp3) is 0.579. The standard InChI is InChI=1S/C19H26N2O3/c1-2-23-19(22)17-6-5-12-21(15-17)11-3-4-13-24-18-9-7-16(14-20)8-10-18/h7-10,17H,2-6,11-13,15H2,1H3/t17-/m0/s1. The molecule has 0 saturated carbocycles. The van der Waals surface area contributed by atoms with Crippen molar-refractivity contribution < 1.29 is 14.3 Å². The van der Waals surface area contributed by atoms with Crippen molar-refractivity contribution in [2.45, 2.75) is 32.6 Å². The number of piperidine rings is 1. The Balaban J connectivity index is 1.61. The lowest BCUT2D eigenvalue weighted by Crippen LogP contribution is -2.39. The summed E-state index contributed by atoms with van der Waals surface area (Å²) in [5.74, 6) is 0.786. The highest BCUT2D eigenvalue weighted by atomic mass is 16.5. The fourth-order valence-corrected chi connectivity index (χ4v) is 2.96. The summed E-state index contributed by atoms with van der Waals surface area (Å²) in [6.45, 7) is 5.85. The van der Waals surface area contributed by atoms with E-state index in [-0.39, 0.29) is 11.9 Å². The van der Waals surface area contributed by atoms with Gasteiger partial charge in [0.2, 0.25) is 0 Å². The van der Waals surface area contributed by atoms with Crippen molar-refractivity contribution in [1.29, 1.82) is 5.26 Å². The number of esters is 1. The molecule has 1 saturated heterocycles. The van der Waals surface area contributed by atoms with Gasteiger partial charge in [0.1, 0.15) is 5.75 Å². The molecule has 0 amide bonds. The van der Waals surface area contributed by atoms with Crippen molar-refractivity contribution in [2.24, 2.45) is 5.92 Å². The van der Waals surface area contributed by atoms with Crippen LogP contribution >= 0.6 is 0 Å². The van der Waals surface area contributed by atoms with Crippen LogP contribution < -0.4 is 4.74 Å². The van der Waals surface area contributed by atoms with Gasteiger partial charge >= 0.3 is 5.97 Å². The molecular weight excluding hydrogens is 304 g/mol. The third kappa shape index (κ3) is 5.86. The van der Waals surface area contributed by atoms with Crippen molar-refractivity contribution >= 4 is 5.97 Å². The molecule has 24 heavy (non-hydrogen) atoms. The summed E-state index contributed by atoms with van der Waals surface area (Å²) in [6, 6.07) is 9.27. The molecular formula is C19H26N2O3. The molecule has 1 aliphatic rings. The van der Waals surface area contributed by atoms with Crippen molar-refractivity contribution in [3.63, 3.8) is 0 Å². The largest absolute Gasteiger partial charge is 0.494 e. The second kappa shape index (κ2) is 9.94. The number of nitriles is 1. The number of carbonyl (C=O) groups is 1. The van der Waals surface area contributed by atoms with Gasteiger partial charge in [-0.3, -0.25) is 4.79 Å². The highest BCUT2D eigenvalue weighted by Crippen LogP contribution is 2.18. The number of unbranched alkanes of at least 4 members (excludes halogenated alkanes) is 1. The Morgan fingerprint density at radius 2 is 2.12 bits per heavy atom. The highest BCUT2D eigenvalue weighted by Gasteiger charge is 2.26. The first kappa shape index (κ1) is 18.3. The molecule has 5 nitrogen and oxygen atoms in total. The van der Waals surface area contributed by atoms with E-state index in [1.807, 2.05) is 19.1 Å². The van der Waals surface area contributed by atoms with E-state index in [2.05, 4.69) is 11.0 Å². The number of hydrogen-bond acceptors (Lipinski definition) is 5. The number of rotatable bonds is 8. The molecule has 1 atom stereocenters. The van der Waals surface area contributed by atoms with Crippen LogP contribution in [0, 0.1) is 17.2 Å². The molecule has 5 heteroatoms.